The van der Waals surface area contributed by atoms with Gasteiger partial charge in [0.2, 0.25) is 5.91 Å². The quantitative estimate of drug-likeness (QED) is 0.679. The molecule has 2 aliphatic heterocycles. The first-order valence-electron chi connectivity index (χ1n) is 10.8. The molecule has 1 N–H and O–H groups in total. The number of amides is 2. The highest BCUT2D eigenvalue weighted by molar-refractivity contribution is 5.98. The third kappa shape index (κ3) is 4.70. The van der Waals surface area contributed by atoms with Crippen LogP contribution in [0.3, 0.4) is 0 Å². The zero-order valence-corrected chi connectivity index (χ0v) is 17.1. The van der Waals surface area contributed by atoms with E-state index < -0.39 is 6.04 Å². The first-order chi connectivity index (χ1) is 14.6. The Hall–Kier alpha value is -2.73. The number of carbonyl (C=O) groups excluding carboxylic acids is 2. The van der Waals surface area contributed by atoms with Crippen LogP contribution in [-0.4, -0.2) is 47.8 Å². The Bertz CT molecular complexity index is 894. The molecule has 0 bridgehead atoms. The molecule has 158 valence electrons. The molecule has 2 aliphatic rings. The van der Waals surface area contributed by atoms with Gasteiger partial charge < -0.3 is 15.1 Å². The number of nitrogens with zero attached hydrogens (tertiary/aromatic N) is 2. The van der Waals surface area contributed by atoms with Crippen molar-refractivity contribution < 1.29 is 14.0 Å². The molecule has 1 atom stereocenters. The van der Waals surface area contributed by atoms with Gasteiger partial charge in [0.25, 0.3) is 5.91 Å². The molecule has 2 heterocycles. The number of hydrogen-bond acceptors (Lipinski definition) is 3. The molecule has 4 rings (SSSR count). The Balaban J connectivity index is 1.41. The van der Waals surface area contributed by atoms with E-state index in [9.17, 15) is 14.0 Å². The molecule has 2 aromatic rings. The van der Waals surface area contributed by atoms with Gasteiger partial charge in [-0.25, -0.2) is 4.39 Å². The summed E-state index contributed by atoms with van der Waals surface area (Å²) in [6.45, 7) is 4.39. The number of nitrogens with one attached hydrogen (secondary N) is 1. The zero-order valence-electron chi connectivity index (χ0n) is 17.1. The number of likely N-dealkylation sites (tertiary alicyclic amines) is 1. The lowest BCUT2D eigenvalue weighted by atomic mass is 10.0. The molecule has 1 saturated heterocycles. The lowest BCUT2D eigenvalue weighted by Crippen LogP contribution is -2.35. The molecule has 5 nitrogen and oxygen atoms in total. The highest BCUT2D eigenvalue weighted by atomic mass is 19.1. The Morgan fingerprint density at radius 2 is 1.80 bits per heavy atom. The van der Waals surface area contributed by atoms with Gasteiger partial charge in [-0.2, -0.15) is 0 Å². The van der Waals surface area contributed by atoms with Crippen LogP contribution in [0.2, 0.25) is 0 Å². The SMILES string of the molecule is O=C(C[C@@H](c1ccc(F)cc1)N1Cc2ccccc2C1=O)NCCCN1CCCC1. The van der Waals surface area contributed by atoms with Gasteiger partial charge in [0.15, 0.2) is 0 Å². The summed E-state index contributed by atoms with van der Waals surface area (Å²) in [7, 11) is 0. The van der Waals surface area contributed by atoms with Crippen molar-refractivity contribution in [1.29, 1.82) is 0 Å². The standard InChI is InChI=1S/C24H28FN3O2/c25-20-10-8-18(9-11-20)22(28-17-19-6-1-2-7-21(19)24(28)30)16-23(29)26-12-5-15-27-13-3-4-14-27/h1-2,6-11,22H,3-5,12-17H2,(H,26,29)/t22-/m0/s1. The van der Waals surface area contributed by atoms with Crippen LogP contribution in [0.4, 0.5) is 4.39 Å². The summed E-state index contributed by atoms with van der Waals surface area (Å²) >= 11 is 0. The fourth-order valence-corrected chi connectivity index (χ4v) is 4.41. The second-order valence-electron chi connectivity index (χ2n) is 8.11. The van der Waals surface area contributed by atoms with Crippen molar-refractivity contribution >= 4 is 11.8 Å². The van der Waals surface area contributed by atoms with Gasteiger partial charge in [-0.1, -0.05) is 30.3 Å². The molecule has 0 radical (unpaired) electrons. The summed E-state index contributed by atoms with van der Waals surface area (Å²) in [5.41, 5.74) is 2.40. The predicted octanol–water partition coefficient (Wildman–Crippen LogP) is 3.52. The van der Waals surface area contributed by atoms with Gasteiger partial charge in [-0.3, -0.25) is 9.59 Å². The number of hydrogen-bond donors (Lipinski definition) is 1. The molecular formula is C24H28FN3O2. The molecule has 0 spiro atoms. The molecule has 2 aromatic carbocycles. The van der Waals surface area contributed by atoms with Crippen molar-refractivity contribution in [3.05, 3.63) is 71.0 Å². The summed E-state index contributed by atoms with van der Waals surface area (Å²) in [4.78, 5) is 29.8. The highest BCUT2D eigenvalue weighted by Crippen LogP contribution is 2.33. The lowest BCUT2D eigenvalue weighted by molar-refractivity contribution is -0.122. The normalized spacial score (nSPS) is 17.2. The Morgan fingerprint density at radius 1 is 1.07 bits per heavy atom. The van der Waals surface area contributed by atoms with Gasteiger partial charge in [0.1, 0.15) is 5.82 Å². The Kier molecular flexibility index (Phi) is 6.43. The summed E-state index contributed by atoms with van der Waals surface area (Å²) in [6, 6.07) is 13.2. The van der Waals surface area contributed by atoms with Crippen molar-refractivity contribution in [2.24, 2.45) is 0 Å². The van der Waals surface area contributed by atoms with E-state index in [1.807, 2.05) is 24.3 Å². The van der Waals surface area contributed by atoms with E-state index in [1.54, 1.807) is 17.0 Å². The maximum Gasteiger partial charge on any atom is 0.255 e. The summed E-state index contributed by atoms with van der Waals surface area (Å²) < 4.78 is 13.5. The fraction of sp³-hybridized carbons (Fsp3) is 0.417. The first-order valence-corrected chi connectivity index (χ1v) is 10.8. The molecule has 0 unspecified atom stereocenters. The Morgan fingerprint density at radius 3 is 2.53 bits per heavy atom. The molecule has 6 heteroatoms. The van der Waals surface area contributed by atoms with Gasteiger partial charge in [-0.15, -0.1) is 0 Å². The van der Waals surface area contributed by atoms with Gasteiger partial charge in [-0.05, 0) is 68.2 Å². The average Bonchev–Trinajstić information content (AvgIpc) is 3.39. The minimum Gasteiger partial charge on any atom is -0.356 e. The van der Waals surface area contributed by atoms with Crippen LogP contribution in [0.25, 0.3) is 0 Å². The average molecular weight is 410 g/mol. The van der Waals surface area contributed by atoms with Crippen molar-refractivity contribution in [3.8, 4) is 0 Å². The van der Waals surface area contributed by atoms with E-state index >= 15 is 0 Å². The number of rotatable bonds is 8. The molecule has 1 fully saturated rings. The third-order valence-electron chi connectivity index (χ3n) is 6.03. The second kappa shape index (κ2) is 9.39. The summed E-state index contributed by atoms with van der Waals surface area (Å²) in [5, 5.41) is 3.00. The minimum atomic E-state index is -0.427. The monoisotopic (exact) mass is 409 g/mol. The van der Waals surface area contributed by atoms with Crippen LogP contribution in [-0.2, 0) is 11.3 Å². The van der Waals surface area contributed by atoms with Crippen LogP contribution in [0, 0.1) is 5.82 Å². The van der Waals surface area contributed by atoms with E-state index in [4.69, 9.17) is 0 Å². The van der Waals surface area contributed by atoms with Crippen LogP contribution in [0.1, 0.15) is 53.2 Å². The largest absolute Gasteiger partial charge is 0.356 e. The number of halogens is 1. The van der Waals surface area contributed by atoms with E-state index in [0.717, 1.165) is 37.2 Å². The predicted molar refractivity (Wildman–Crippen MR) is 113 cm³/mol. The third-order valence-corrected chi connectivity index (χ3v) is 6.03. The maximum atomic E-state index is 13.5. The van der Waals surface area contributed by atoms with Crippen molar-refractivity contribution in [1.82, 2.24) is 15.1 Å². The molecule has 30 heavy (non-hydrogen) atoms. The van der Waals surface area contributed by atoms with Crippen molar-refractivity contribution in [2.45, 2.75) is 38.3 Å². The van der Waals surface area contributed by atoms with E-state index in [-0.39, 0.29) is 24.1 Å². The van der Waals surface area contributed by atoms with Crippen LogP contribution < -0.4 is 5.32 Å². The molecule has 0 aromatic heterocycles. The zero-order chi connectivity index (χ0) is 20.9. The van der Waals surface area contributed by atoms with Crippen LogP contribution in [0.15, 0.2) is 48.5 Å². The Labute approximate surface area is 176 Å². The van der Waals surface area contributed by atoms with Gasteiger partial charge in [0.05, 0.1) is 12.5 Å². The van der Waals surface area contributed by atoms with Crippen molar-refractivity contribution in [2.75, 3.05) is 26.2 Å². The lowest BCUT2D eigenvalue weighted by Gasteiger charge is -2.28. The highest BCUT2D eigenvalue weighted by Gasteiger charge is 2.34. The molecule has 0 aliphatic carbocycles. The number of carbonyl (C=O) groups is 2. The molecular weight excluding hydrogens is 381 g/mol. The van der Waals surface area contributed by atoms with E-state index in [0.29, 0.717) is 18.7 Å². The van der Waals surface area contributed by atoms with E-state index in [1.165, 1.54) is 25.0 Å². The topological polar surface area (TPSA) is 52.7 Å². The smallest absolute Gasteiger partial charge is 0.255 e. The van der Waals surface area contributed by atoms with Crippen molar-refractivity contribution in [3.63, 3.8) is 0 Å². The van der Waals surface area contributed by atoms with Crippen LogP contribution in [0.5, 0.6) is 0 Å². The number of fused-ring (bicyclic) bond motifs is 1. The van der Waals surface area contributed by atoms with Gasteiger partial charge >= 0.3 is 0 Å². The molecule has 0 saturated carbocycles. The maximum absolute atomic E-state index is 13.5. The second-order valence-corrected chi connectivity index (χ2v) is 8.11. The minimum absolute atomic E-state index is 0.0817. The van der Waals surface area contributed by atoms with E-state index in [2.05, 4.69) is 10.2 Å². The number of benzene rings is 2. The molecule has 2 amide bonds. The summed E-state index contributed by atoms with van der Waals surface area (Å²) in [5.74, 6) is -0.504. The van der Waals surface area contributed by atoms with Gasteiger partial charge in [0, 0.05) is 18.7 Å². The first kappa shape index (κ1) is 20.5. The fourth-order valence-electron chi connectivity index (χ4n) is 4.41. The summed E-state index contributed by atoms with van der Waals surface area (Å²) in [6.07, 6.45) is 3.60. The van der Waals surface area contributed by atoms with Crippen LogP contribution >= 0.6 is 0 Å².